The van der Waals surface area contributed by atoms with Crippen molar-refractivity contribution in [3.05, 3.63) is 56.2 Å². The lowest BCUT2D eigenvalue weighted by molar-refractivity contribution is -0.138. The smallest absolute Gasteiger partial charge is 0.303 e. The monoisotopic (exact) mass is 626 g/mol. The summed E-state index contributed by atoms with van der Waals surface area (Å²) in [5.41, 5.74) is 9.18. The second-order valence-electron chi connectivity index (χ2n) is 12.5. The van der Waals surface area contributed by atoms with Crippen molar-refractivity contribution in [1.29, 1.82) is 0 Å². The highest BCUT2D eigenvalue weighted by Crippen LogP contribution is 2.33. The molecular formula is C33H46N4O6S. The van der Waals surface area contributed by atoms with Crippen LogP contribution in [0.2, 0.25) is 0 Å². The van der Waals surface area contributed by atoms with Gasteiger partial charge in [-0.2, -0.15) is 12.6 Å². The van der Waals surface area contributed by atoms with Crippen molar-refractivity contribution in [2.24, 2.45) is 11.8 Å². The molecule has 0 aliphatic carbocycles. The lowest BCUT2D eigenvalue weighted by atomic mass is 9.87. The van der Waals surface area contributed by atoms with Crippen LogP contribution in [0.4, 0.5) is 0 Å². The molecule has 6 N–H and O–H groups in total. The zero-order valence-corrected chi connectivity index (χ0v) is 27.4. The van der Waals surface area contributed by atoms with Crippen LogP contribution in [-0.2, 0) is 51.3 Å². The summed E-state index contributed by atoms with van der Waals surface area (Å²) in [6.07, 6.45) is 3.15. The number of nitrogens with one attached hydrogen (secondary N) is 4. The normalized spacial score (nSPS) is 22.4. The summed E-state index contributed by atoms with van der Waals surface area (Å²) in [5.74, 6) is -1.65. The molecule has 240 valence electrons. The molecule has 10 nitrogen and oxygen atoms in total. The van der Waals surface area contributed by atoms with Gasteiger partial charge >= 0.3 is 11.9 Å². The SMILES string of the molecule is CC[C@H]1C(Cc2[nH]c(Cc3[nH]c(C[C@H]4NC(=O)C([C@@H](C)S)=C4C)c(C)c3CCC(=O)O)c(CCC(=O)O)c2C)NC(=O)[C@@H]1C. The molecule has 4 heterocycles. The first-order valence-corrected chi connectivity index (χ1v) is 16.1. The predicted molar refractivity (Wildman–Crippen MR) is 171 cm³/mol. The third-order valence-corrected chi connectivity index (χ3v) is 10.1. The van der Waals surface area contributed by atoms with E-state index in [1.165, 1.54) is 0 Å². The molecule has 2 aliphatic rings. The summed E-state index contributed by atoms with van der Waals surface area (Å²) in [7, 11) is 0. The quantitative estimate of drug-likeness (QED) is 0.157. The molecule has 4 rings (SSSR count). The van der Waals surface area contributed by atoms with Crippen LogP contribution in [0, 0.1) is 25.7 Å². The number of rotatable bonds is 14. The Bertz CT molecular complexity index is 1490. The molecule has 11 heteroatoms. The fraction of sp³-hybridized carbons (Fsp3) is 0.576. The second-order valence-corrected chi connectivity index (χ2v) is 13.3. The van der Waals surface area contributed by atoms with E-state index in [9.17, 15) is 29.4 Å². The Morgan fingerprint density at radius 1 is 0.864 bits per heavy atom. The number of carboxylic acids is 2. The minimum Gasteiger partial charge on any atom is -0.481 e. The first kappa shape index (κ1) is 33.4. The largest absolute Gasteiger partial charge is 0.481 e. The van der Waals surface area contributed by atoms with Crippen LogP contribution >= 0.6 is 12.6 Å². The number of hydrogen-bond donors (Lipinski definition) is 7. The molecule has 2 aromatic heterocycles. The maximum atomic E-state index is 12.6. The van der Waals surface area contributed by atoms with E-state index in [2.05, 4.69) is 40.2 Å². The lowest BCUT2D eigenvalue weighted by Gasteiger charge is -2.19. The molecule has 2 amide bonds. The van der Waals surface area contributed by atoms with Crippen molar-refractivity contribution in [2.75, 3.05) is 0 Å². The number of aromatic nitrogens is 2. The van der Waals surface area contributed by atoms with Crippen molar-refractivity contribution in [1.82, 2.24) is 20.6 Å². The molecule has 0 spiro atoms. The van der Waals surface area contributed by atoms with Gasteiger partial charge in [0.05, 0.1) is 6.04 Å². The summed E-state index contributed by atoms with van der Waals surface area (Å²) >= 11 is 4.48. The highest BCUT2D eigenvalue weighted by atomic mass is 32.1. The van der Waals surface area contributed by atoms with Crippen LogP contribution in [0.25, 0.3) is 0 Å². The minimum absolute atomic E-state index is 0.00624. The number of aromatic amines is 2. The third kappa shape index (κ3) is 6.92. The fourth-order valence-corrected chi connectivity index (χ4v) is 7.53. The van der Waals surface area contributed by atoms with Gasteiger partial charge in [0.1, 0.15) is 0 Å². The number of amides is 2. The Balaban J connectivity index is 1.69. The number of carboxylic acid groups (broad SMARTS) is 2. The van der Waals surface area contributed by atoms with Gasteiger partial charge < -0.3 is 30.8 Å². The van der Waals surface area contributed by atoms with Crippen molar-refractivity contribution >= 4 is 36.4 Å². The number of thiol groups is 1. The molecule has 0 saturated carbocycles. The van der Waals surface area contributed by atoms with Gasteiger partial charge in [-0.15, -0.1) is 0 Å². The summed E-state index contributed by atoms with van der Waals surface area (Å²) in [5, 5.41) is 25.0. The van der Waals surface area contributed by atoms with Crippen LogP contribution in [-0.4, -0.2) is 61.3 Å². The molecule has 0 radical (unpaired) electrons. The van der Waals surface area contributed by atoms with E-state index in [-0.39, 0.29) is 53.8 Å². The Kier molecular flexibility index (Phi) is 10.4. The van der Waals surface area contributed by atoms with Crippen molar-refractivity contribution in [2.45, 2.75) is 110 Å². The summed E-state index contributed by atoms with van der Waals surface area (Å²) in [6, 6.07) is -0.195. The number of H-pyrrole nitrogens is 2. The van der Waals surface area contributed by atoms with Crippen LogP contribution in [0.3, 0.4) is 0 Å². The predicted octanol–water partition coefficient (Wildman–Crippen LogP) is 3.96. The fourth-order valence-electron chi connectivity index (χ4n) is 7.21. The van der Waals surface area contributed by atoms with Crippen LogP contribution in [0.5, 0.6) is 0 Å². The Morgan fingerprint density at radius 2 is 1.39 bits per heavy atom. The minimum atomic E-state index is -0.884. The number of carbonyl (C=O) groups is 4. The topological polar surface area (TPSA) is 164 Å². The summed E-state index contributed by atoms with van der Waals surface area (Å²) < 4.78 is 0. The summed E-state index contributed by atoms with van der Waals surface area (Å²) in [6.45, 7) is 11.9. The maximum Gasteiger partial charge on any atom is 0.303 e. The van der Waals surface area contributed by atoms with Crippen LogP contribution in [0.15, 0.2) is 11.1 Å². The lowest BCUT2D eigenvalue weighted by Crippen LogP contribution is -2.31. The molecule has 0 bridgehead atoms. The average Bonchev–Trinajstić information content (AvgIpc) is 3.59. The molecule has 5 atom stereocenters. The number of hydrogen-bond acceptors (Lipinski definition) is 5. The Hall–Kier alpha value is -3.47. The highest BCUT2D eigenvalue weighted by molar-refractivity contribution is 7.81. The van der Waals surface area contributed by atoms with E-state index < -0.39 is 11.9 Å². The summed E-state index contributed by atoms with van der Waals surface area (Å²) in [4.78, 5) is 55.4. The maximum absolute atomic E-state index is 12.6. The zero-order valence-electron chi connectivity index (χ0n) is 26.5. The Labute approximate surface area is 264 Å². The van der Waals surface area contributed by atoms with Crippen LogP contribution in [0.1, 0.15) is 92.0 Å². The number of aliphatic carboxylic acids is 2. The average molecular weight is 627 g/mol. The molecule has 1 unspecified atom stereocenters. The number of carbonyl (C=O) groups excluding carboxylic acids is 2. The van der Waals surface area contributed by atoms with E-state index in [0.717, 1.165) is 57.0 Å². The molecule has 1 saturated heterocycles. The van der Waals surface area contributed by atoms with Crippen molar-refractivity contribution in [3.8, 4) is 0 Å². The van der Waals surface area contributed by atoms with Gasteiger partial charge in [0.2, 0.25) is 11.8 Å². The standard InChI is InChI=1S/C33H46N4O6S/c1-7-20-17(4)32(42)37-26(20)13-24-16(3)22(9-11-30(40)41)28(35-24)14-27-21(8-10-29(38)39)15(2)23(34-27)12-25-18(5)31(19(6)44)33(43)36-25/h17,19-20,25-26,34-35,44H,7-14H2,1-6H3,(H,36,43)(H,37,42)(H,38,39)(H,40,41)/t17-,19-,20-,25-,26?/m1/s1. The molecule has 2 aromatic rings. The molecule has 1 fully saturated rings. The highest BCUT2D eigenvalue weighted by Gasteiger charge is 2.38. The van der Waals surface area contributed by atoms with Gasteiger partial charge in [0.25, 0.3) is 0 Å². The molecule has 2 aliphatic heterocycles. The second kappa shape index (κ2) is 13.7. The van der Waals surface area contributed by atoms with Gasteiger partial charge in [0, 0.05) is 77.7 Å². The van der Waals surface area contributed by atoms with Gasteiger partial charge in [-0.1, -0.05) is 20.3 Å². The molecule has 0 aromatic carbocycles. The van der Waals surface area contributed by atoms with Gasteiger partial charge in [0.15, 0.2) is 0 Å². The van der Waals surface area contributed by atoms with Crippen molar-refractivity contribution < 1.29 is 29.4 Å². The molecule has 44 heavy (non-hydrogen) atoms. The van der Waals surface area contributed by atoms with E-state index >= 15 is 0 Å². The zero-order chi connectivity index (χ0) is 32.5. The first-order chi connectivity index (χ1) is 20.7. The first-order valence-electron chi connectivity index (χ1n) is 15.5. The van der Waals surface area contributed by atoms with Crippen LogP contribution < -0.4 is 10.6 Å². The van der Waals surface area contributed by atoms with Gasteiger partial charge in [-0.3, -0.25) is 19.2 Å². The van der Waals surface area contributed by atoms with Gasteiger partial charge in [-0.05, 0) is 74.3 Å². The van der Waals surface area contributed by atoms with E-state index in [4.69, 9.17) is 0 Å². The Morgan fingerprint density at radius 3 is 1.84 bits per heavy atom. The van der Waals surface area contributed by atoms with Crippen molar-refractivity contribution in [3.63, 3.8) is 0 Å². The van der Waals surface area contributed by atoms with E-state index in [0.29, 0.717) is 37.7 Å². The van der Waals surface area contributed by atoms with Gasteiger partial charge in [-0.25, -0.2) is 0 Å². The van der Waals surface area contributed by atoms with E-state index in [1.807, 2.05) is 34.6 Å². The van der Waals surface area contributed by atoms with E-state index in [1.54, 1.807) is 0 Å². The molecular weight excluding hydrogens is 580 g/mol. The third-order valence-electron chi connectivity index (χ3n) is 9.79.